The Morgan fingerprint density at radius 2 is 1.74 bits per heavy atom. The van der Waals surface area contributed by atoms with E-state index in [1.807, 2.05) is 13.8 Å². The lowest BCUT2D eigenvalue weighted by Crippen LogP contribution is -3.16. The highest BCUT2D eigenvalue weighted by molar-refractivity contribution is 5.95. The summed E-state index contributed by atoms with van der Waals surface area (Å²) in [6.07, 6.45) is 0.357. The van der Waals surface area contributed by atoms with Crippen LogP contribution in [0.1, 0.15) is 24.2 Å². The van der Waals surface area contributed by atoms with Gasteiger partial charge in [-0.1, -0.05) is 0 Å². The fourth-order valence-corrected chi connectivity index (χ4v) is 2.92. The Hall–Kier alpha value is -1.92. The molecule has 1 fully saturated rings. The molecule has 126 valence electrons. The number of nitrogens with zero attached hydrogens (tertiary/aromatic N) is 1. The summed E-state index contributed by atoms with van der Waals surface area (Å²) in [6, 6.07) is 6.97. The molecule has 1 aliphatic rings. The monoisotopic (exact) mass is 320 g/mol. The summed E-state index contributed by atoms with van der Waals surface area (Å²) < 4.78 is 5.68. The van der Waals surface area contributed by atoms with Gasteiger partial charge in [0.2, 0.25) is 0 Å². The Morgan fingerprint density at radius 3 is 2.26 bits per heavy atom. The summed E-state index contributed by atoms with van der Waals surface area (Å²) in [5.41, 5.74) is 1.31. The first-order valence-electron chi connectivity index (χ1n) is 7.95. The van der Waals surface area contributed by atoms with Gasteiger partial charge in [-0.15, -0.1) is 0 Å². The molecule has 2 atom stereocenters. The van der Waals surface area contributed by atoms with Crippen LogP contribution in [0.15, 0.2) is 24.3 Å². The van der Waals surface area contributed by atoms with E-state index in [1.165, 1.54) is 9.80 Å². The standard InChI is InChI=1S/C17H25N3O3/c1-12-9-20(10-13(2)23-12)11-16(21)18-15-7-5-14(6-8-15)17(22)19(3)4/h5-8,12-13H,9-11H2,1-4H3,(H,18,21)/p+1/t12-,13-/m0/s1. The molecule has 2 rings (SSSR count). The Labute approximate surface area is 137 Å². The van der Waals surface area contributed by atoms with Crippen molar-refractivity contribution in [1.29, 1.82) is 0 Å². The highest BCUT2D eigenvalue weighted by atomic mass is 16.5. The van der Waals surface area contributed by atoms with Gasteiger partial charge in [0, 0.05) is 25.3 Å². The third kappa shape index (κ3) is 5.04. The summed E-state index contributed by atoms with van der Waals surface area (Å²) >= 11 is 0. The molecule has 1 saturated heterocycles. The van der Waals surface area contributed by atoms with Crippen LogP contribution in [0.3, 0.4) is 0 Å². The number of benzene rings is 1. The topological polar surface area (TPSA) is 63.1 Å². The van der Waals surface area contributed by atoms with E-state index in [0.717, 1.165) is 13.1 Å². The van der Waals surface area contributed by atoms with Crippen LogP contribution in [0.25, 0.3) is 0 Å². The molecule has 1 aromatic carbocycles. The largest absolute Gasteiger partial charge is 0.364 e. The van der Waals surface area contributed by atoms with Crippen molar-refractivity contribution < 1.29 is 19.2 Å². The molecule has 0 unspecified atom stereocenters. The van der Waals surface area contributed by atoms with E-state index in [4.69, 9.17) is 4.74 Å². The minimum Gasteiger partial charge on any atom is -0.364 e. The molecular formula is C17H26N3O3+. The highest BCUT2D eigenvalue weighted by Crippen LogP contribution is 2.10. The maximum Gasteiger partial charge on any atom is 0.279 e. The quantitative estimate of drug-likeness (QED) is 0.822. The Balaban J connectivity index is 1.89. The Morgan fingerprint density at radius 1 is 1.17 bits per heavy atom. The molecule has 0 radical (unpaired) electrons. The number of rotatable bonds is 4. The molecule has 6 heteroatoms. The molecule has 0 spiro atoms. The van der Waals surface area contributed by atoms with Crippen molar-refractivity contribution in [3.05, 3.63) is 29.8 Å². The van der Waals surface area contributed by atoms with Crippen LogP contribution in [-0.4, -0.2) is 62.7 Å². The molecule has 2 amide bonds. The number of hydrogen-bond acceptors (Lipinski definition) is 3. The number of morpholine rings is 1. The third-order valence-electron chi connectivity index (χ3n) is 3.85. The number of ether oxygens (including phenoxy) is 1. The second-order valence-corrected chi connectivity index (χ2v) is 6.42. The first-order chi connectivity index (χ1) is 10.8. The number of quaternary nitrogens is 1. The van der Waals surface area contributed by atoms with Crippen LogP contribution < -0.4 is 10.2 Å². The molecule has 6 nitrogen and oxygen atoms in total. The van der Waals surface area contributed by atoms with Crippen LogP contribution in [0.2, 0.25) is 0 Å². The van der Waals surface area contributed by atoms with Crippen molar-refractivity contribution in [2.75, 3.05) is 39.0 Å². The first-order valence-corrected chi connectivity index (χ1v) is 7.95. The molecule has 0 saturated carbocycles. The fraction of sp³-hybridized carbons (Fsp3) is 0.529. The average molecular weight is 320 g/mol. The van der Waals surface area contributed by atoms with Crippen molar-refractivity contribution in [3.8, 4) is 0 Å². The summed E-state index contributed by atoms with van der Waals surface area (Å²) in [5.74, 6) is -0.0726. The number of carbonyl (C=O) groups excluding carboxylic acids is 2. The van der Waals surface area contributed by atoms with Crippen LogP contribution in [-0.2, 0) is 9.53 Å². The molecule has 0 aliphatic carbocycles. The SMILES string of the molecule is C[C@H]1C[NH+](CC(=O)Nc2ccc(C(=O)N(C)C)cc2)C[C@H](C)O1. The summed E-state index contributed by atoms with van der Waals surface area (Å²) in [7, 11) is 3.43. The van der Waals surface area contributed by atoms with E-state index in [1.54, 1.807) is 38.4 Å². The van der Waals surface area contributed by atoms with E-state index in [2.05, 4.69) is 5.32 Å². The van der Waals surface area contributed by atoms with Gasteiger partial charge in [0.15, 0.2) is 6.54 Å². The molecule has 0 bridgehead atoms. The van der Waals surface area contributed by atoms with Gasteiger partial charge in [0.05, 0.1) is 0 Å². The van der Waals surface area contributed by atoms with E-state index in [0.29, 0.717) is 17.8 Å². The highest BCUT2D eigenvalue weighted by Gasteiger charge is 2.27. The average Bonchev–Trinajstić information content (AvgIpc) is 2.45. The zero-order valence-corrected chi connectivity index (χ0v) is 14.3. The molecule has 0 aromatic heterocycles. The van der Waals surface area contributed by atoms with Crippen molar-refractivity contribution in [2.45, 2.75) is 26.1 Å². The number of carbonyl (C=O) groups is 2. The summed E-state index contributed by atoms with van der Waals surface area (Å²) in [6.45, 7) is 6.18. The maximum absolute atomic E-state index is 12.2. The molecule has 23 heavy (non-hydrogen) atoms. The summed E-state index contributed by atoms with van der Waals surface area (Å²) in [5, 5.41) is 2.89. The van der Waals surface area contributed by atoms with Gasteiger partial charge in [-0.2, -0.15) is 0 Å². The lowest BCUT2D eigenvalue weighted by molar-refractivity contribution is -0.907. The van der Waals surface area contributed by atoms with E-state index < -0.39 is 0 Å². The molecule has 1 heterocycles. The normalized spacial score (nSPS) is 24.1. The smallest absolute Gasteiger partial charge is 0.279 e. The zero-order chi connectivity index (χ0) is 17.0. The van der Waals surface area contributed by atoms with E-state index in [9.17, 15) is 9.59 Å². The maximum atomic E-state index is 12.2. The Bertz CT molecular complexity index is 547. The van der Waals surface area contributed by atoms with Gasteiger partial charge in [-0.05, 0) is 38.1 Å². The van der Waals surface area contributed by atoms with Gasteiger partial charge in [0.25, 0.3) is 11.8 Å². The van der Waals surface area contributed by atoms with Crippen LogP contribution in [0.5, 0.6) is 0 Å². The molecule has 1 aromatic rings. The van der Waals surface area contributed by atoms with Gasteiger partial charge in [0.1, 0.15) is 25.3 Å². The third-order valence-corrected chi connectivity index (χ3v) is 3.85. The van der Waals surface area contributed by atoms with E-state index >= 15 is 0 Å². The van der Waals surface area contributed by atoms with Crippen LogP contribution >= 0.6 is 0 Å². The second-order valence-electron chi connectivity index (χ2n) is 6.42. The Kier molecular flexibility index (Phi) is 5.74. The van der Waals surface area contributed by atoms with Crippen molar-refractivity contribution >= 4 is 17.5 Å². The molecule has 1 aliphatic heterocycles. The van der Waals surface area contributed by atoms with Gasteiger partial charge in [-0.3, -0.25) is 9.59 Å². The second kappa shape index (κ2) is 7.57. The van der Waals surface area contributed by atoms with Crippen LogP contribution in [0, 0.1) is 0 Å². The van der Waals surface area contributed by atoms with Crippen molar-refractivity contribution in [2.24, 2.45) is 0 Å². The lowest BCUT2D eigenvalue weighted by atomic mass is 10.2. The molecular weight excluding hydrogens is 294 g/mol. The number of nitrogens with one attached hydrogen (secondary N) is 2. The minimum atomic E-state index is -0.0522. The predicted octanol–water partition coefficient (Wildman–Crippen LogP) is 0.0190. The van der Waals surface area contributed by atoms with Gasteiger partial charge >= 0.3 is 0 Å². The fourth-order valence-electron chi connectivity index (χ4n) is 2.92. The number of hydrogen-bond donors (Lipinski definition) is 2. The summed E-state index contributed by atoms with van der Waals surface area (Å²) in [4.78, 5) is 26.8. The predicted molar refractivity (Wildman–Crippen MR) is 88.7 cm³/mol. The lowest BCUT2D eigenvalue weighted by Gasteiger charge is -2.31. The number of anilines is 1. The first kappa shape index (κ1) is 17.4. The minimum absolute atomic E-state index is 0.0204. The van der Waals surface area contributed by atoms with Crippen LogP contribution in [0.4, 0.5) is 5.69 Å². The van der Waals surface area contributed by atoms with Gasteiger partial charge < -0.3 is 19.9 Å². The van der Waals surface area contributed by atoms with Crippen molar-refractivity contribution in [1.82, 2.24) is 4.90 Å². The molecule has 2 N–H and O–H groups in total. The van der Waals surface area contributed by atoms with E-state index in [-0.39, 0.29) is 24.0 Å². The van der Waals surface area contributed by atoms with Gasteiger partial charge in [-0.25, -0.2) is 0 Å². The van der Waals surface area contributed by atoms with Crippen molar-refractivity contribution in [3.63, 3.8) is 0 Å². The number of amides is 2. The zero-order valence-electron chi connectivity index (χ0n) is 14.3.